The highest BCUT2D eigenvalue weighted by molar-refractivity contribution is 6.99. The summed E-state index contributed by atoms with van der Waals surface area (Å²) in [7, 11) is -2.50. The van der Waals surface area contributed by atoms with Crippen LogP contribution < -0.4 is 10.4 Å². The average molecular weight is 507 g/mol. The van der Waals surface area contributed by atoms with Crippen molar-refractivity contribution in [1.82, 2.24) is 0 Å². The molecular weight excluding hydrogens is 452 g/mol. The lowest BCUT2D eigenvalue weighted by Gasteiger charge is -2.45. The van der Waals surface area contributed by atoms with E-state index in [2.05, 4.69) is 107 Å². The van der Waals surface area contributed by atoms with Crippen LogP contribution in [0, 0.1) is 0 Å². The van der Waals surface area contributed by atoms with E-state index in [4.69, 9.17) is 4.43 Å². The summed E-state index contributed by atoms with van der Waals surface area (Å²) in [6.07, 6.45) is 22.1. The maximum absolute atomic E-state index is 7.46. The van der Waals surface area contributed by atoms with Crippen molar-refractivity contribution in [2.45, 2.75) is 129 Å². The Bertz CT molecular complexity index is 782. The van der Waals surface area contributed by atoms with E-state index in [9.17, 15) is 0 Å². The second-order valence-electron chi connectivity index (χ2n) is 11.5. The Labute approximate surface area is 224 Å². The first-order chi connectivity index (χ1) is 17.5. The third-order valence-corrected chi connectivity index (χ3v) is 12.6. The monoisotopic (exact) mass is 506 g/mol. The first-order valence-corrected chi connectivity index (χ1v) is 16.8. The molecule has 0 saturated heterocycles. The molecule has 2 aromatic rings. The molecule has 2 aromatic carbocycles. The number of hydrogen-bond donors (Lipinski definition) is 0. The zero-order chi connectivity index (χ0) is 26.1. The summed E-state index contributed by atoms with van der Waals surface area (Å²) in [5, 5.41) is 2.79. The molecule has 0 fully saturated rings. The lowest BCUT2D eigenvalue weighted by atomic mass is 10.0. The number of allylic oxidation sites excluding steroid dienone is 1. The minimum atomic E-state index is -2.50. The SMILES string of the molecule is C/C=C/C[C@@H](CCCCCCCCCCCCC)O[Si](c1ccccc1)(c1ccccc1)C(C)(C)C. The van der Waals surface area contributed by atoms with E-state index in [1.54, 1.807) is 0 Å². The van der Waals surface area contributed by atoms with Crippen LogP contribution >= 0.6 is 0 Å². The largest absolute Gasteiger partial charge is 0.404 e. The summed E-state index contributed by atoms with van der Waals surface area (Å²) in [5.74, 6) is 0. The first-order valence-electron chi connectivity index (χ1n) is 14.9. The van der Waals surface area contributed by atoms with Gasteiger partial charge >= 0.3 is 0 Å². The van der Waals surface area contributed by atoms with Gasteiger partial charge in [0.15, 0.2) is 0 Å². The van der Waals surface area contributed by atoms with Crippen molar-refractivity contribution in [3.05, 3.63) is 72.8 Å². The molecule has 0 heterocycles. The van der Waals surface area contributed by atoms with E-state index in [0.29, 0.717) is 0 Å². The molecule has 0 spiro atoms. The van der Waals surface area contributed by atoms with Gasteiger partial charge < -0.3 is 4.43 Å². The lowest BCUT2D eigenvalue weighted by molar-refractivity contribution is 0.176. The van der Waals surface area contributed by atoms with Crippen molar-refractivity contribution in [2.24, 2.45) is 0 Å². The standard InChI is InChI=1S/C34H54OSi/c1-6-8-10-11-12-13-14-15-16-17-20-26-31(25-9-7-2)35-36(34(3,4)5,32-27-21-18-22-28-32)33-29-23-19-24-30-33/h7,9,18-19,21-24,27-31H,6,8,10-17,20,25-26H2,1-5H3/b9-7+/t31-/m0/s1. The maximum Gasteiger partial charge on any atom is 0.261 e. The minimum absolute atomic E-state index is 0.0288. The van der Waals surface area contributed by atoms with Gasteiger partial charge in [0.05, 0.1) is 0 Å². The Morgan fingerprint density at radius 2 is 1.14 bits per heavy atom. The highest BCUT2D eigenvalue weighted by Crippen LogP contribution is 2.38. The number of hydrogen-bond acceptors (Lipinski definition) is 1. The van der Waals surface area contributed by atoms with E-state index in [1.165, 1.54) is 81.0 Å². The van der Waals surface area contributed by atoms with Gasteiger partial charge in [0.25, 0.3) is 8.32 Å². The van der Waals surface area contributed by atoms with Crippen LogP contribution in [0.3, 0.4) is 0 Å². The van der Waals surface area contributed by atoms with Crippen LogP contribution in [0.1, 0.15) is 118 Å². The van der Waals surface area contributed by atoms with Gasteiger partial charge in [-0.3, -0.25) is 0 Å². The summed E-state index contributed by atoms with van der Waals surface area (Å²) in [5.41, 5.74) is 0. The molecule has 0 N–H and O–H groups in total. The van der Waals surface area contributed by atoms with E-state index >= 15 is 0 Å². The second kappa shape index (κ2) is 17.0. The Morgan fingerprint density at radius 3 is 1.56 bits per heavy atom. The fourth-order valence-corrected chi connectivity index (χ4v) is 10.2. The predicted octanol–water partition coefficient (Wildman–Crippen LogP) is 9.60. The molecule has 1 atom stereocenters. The van der Waals surface area contributed by atoms with Crippen molar-refractivity contribution in [3.63, 3.8) is 0 Å². The molecule has 2 heteroatoms. The normalized spacial score (nSPS) is 13.4. The Balaban J connectivity index is 2.05. The molecule has 36 heavy (non-hydrogen) atoms. The summed E-state index contributed by atoms with van der Waals surface area (Å²) in [6, 6.07) is 22.2. The van der Waals surface area contributed by atoms with Crippen LogP contribution in [0.4, 0.5) is 0 Å². The van der Waals surface area contributed by atoms with E-state index in [1.807, 2.05) is 0 Å². The summed E-state index contributed by atoms with van der Waals surface area (Å²) in [4.78, 5) is 0. The van der Waals surface area contributed by atoms with E-state index < -0.39 is 8.32 Å². The van der Waals surface area contributed by atoms with Crippen molar-refractivity contribution in [3.8, 4) is 0 Å². The minimum Gasteiger partial charge on any atom is -0.404 e. The van der Waals surface area contributed by atoms with Gasteiger partial charge in [-0.1, -0.05) is 171 Å². The fraction of sp³-hybridized carbons (Fsp3) is 0.588. The molecule has 0 bridgehead atoms. The van der Waals surface area contributed by atoms with Crippen LogP contribution in [0.5, 0.6) is 0 Å². The van der Waals surface area contributed by atoms with Crippen LogP contribution in [0.25, 0.3) is 0 Å². The molecule has 0 amide bonds. The van der Waals surface area contributed by atoms with Crippen LogP contribution in [0.15, 0.2) is 72.8 Å². The molecule has 0 aromatic heterocycles. The molecule has 1 nitrogen and oxygen atoms in total. The summed E-state index contributed by atoms with van der Waals surface area (Å²) < 4.78 is 7.46. The second-order valence-corrected chi connectivity index (χ2v) is 15.8. The Morgan fingerprint density at radius 1 is 0.694 bits per heavy atom. The van der Waals surface area contributed by atoms with Crippen LogP contribution in [-0.2, 0) is 4.43 Å². The molecule has 0 saturated carbocycles. The van der Waals surface area contributed by atoms with Crippen LogP contribution in [-0.4, -0.2) is 14.4 Å². The highest BCUT2D eigenvalue weighted by Gasteiger charge is 2.51. The highest BCUT2D eigenvalue weighted by atomic mass is 28.4. The van der Waals surface area contributed by atoms with Gasteiger partial charge in [0.1, 0.15) is 0 Å². The van der Waals surface area contributed by atoms with Gasteiger partial charge in [-0.2, -0.15) is 0 Å². The summed E-state index contributed by atoms with van der Waals surface area (Å²) >= 11 is 0. The molecule has 0 aliphatic carbocycles. The van der Waals surface area contributed by atoms with Crippen molar-refractivity contribution >= 4 is 18.7 Å². The molecule has 0 radical (unpaired) electrons. The Hall–Kier alpha value is -1.64. The fourth-order valence-electron chi connectivity index (χ4n) is 5.49. The quantitative estimate of drug-likeness (QED) is 0.111. The van der Waals surface area contributed by atoms with Gasteiger partial charge in [0.2, 0.25) is 0 Å². The van der Waals surface area contributed by atoms with Crippen molar-refractivity contribution in [2.75, 3.05) is 0 Å². The molecule has 0 unspecified atom stereocenters. The molecule has 200 valence electrons. The molecule has 2 rings (SSSR count). The van der Waals surface area contributed by atoms with Gasteiger partial charge in [-0.05, 0) is 35.2 Å². The number of unbranched alkanes of at least 4 members (excludes halogenated alkanes) is 10. The van der Waals surface area contributed by atoms with E-state index in [0.717, 1.165) is 12.8 Å². The predicted molar refractivity (Wildman–Crippen MR) is 163 cm³/mol. The average Bonchev–Trinajstić information content (AvgIpc) is 2.88. The molecule has 0 aliphatic rings. The molecular formula is C34H54OSi. The number of rotatable bonds is 18. The first kappa shape index (κ1) is 30.6. The van der Waals surface area contributed by atoms with Crippen LogP contribution in [0.2, 0.25) is 5.04 Å². The lowest BCUT2D eigenvalue weighted by Crippen LogP contribution is -2.67. The summed E-state index contributed by atoms with van der Waals surface area (Å²) in [6.45, 7) is 11.6. The topological polar surface area (TPSA) is 9.23 Å². The molecule has 0 aliphatic heterocycles. The third kappa shape index (κ3) is 9.67. The van der Waals surface area contributed by atoms with Gasteiger partial charge in [-0.25, -0.2) is 0 Å². The zero-order valence-corrected chi connectivity index (χ0v) is 25.1. The number of benzene rings is 2. The third-order valence-electron chi connectivity index (χ3n) is 7.52. The Kier molecular flexibility index (Phi) is 14.4. The maximum atomic E-state index is 7.46. The van der Waals surface area contributed by atoms with Crippen molar-refractivity contribution in [1.29, 1.82) is 0 Å². The van der Waals surface area contributed by atoms with E-state index in [-0.39, 0.29) is 11.1 Å². The van der Waals surface area contributed by atoms with Crippen molar-refractivity contribution < 1.29 is 4.43 Å². The van der Waals surface area contributed by atoms with Gasteiger partial charge in [-0.15, -0.1) is 0 Å². The van der Waals surface area contributed by atoms with Gasteiger partial charge in [0, 0.05) is 6.10 Å². The smallest absolute Gasteiger partial charge is 0.261 e. The zero-order valence-electron chi connectivity index (χ0n) is 24.1.